The Bertz CT molecular complexity index is 679. The number of sulfone groups is 1. The second-order valence-electron chi connectivity index (χ2n) is 4.41. The normalized spacial score (nSPS) is 11.3. The molecule has 2 N–H and O–H groups in total. The molecule has 4 nitrogen and oxygen atoms in total. The van der Waals surface area contributed by atoms with Gasteiger partial charge in [-0.05, 0) is 35.4 Å². The lowest BCUT2D eigenvalue weighted by molar-refractivity contribution is 0.414. The van der Waals surface area contributed by atoms with E-state index in [1.165, 1.54) is 0 Å². The Morgan fingerprint density at radius 1 is 1.00 bits per heavy atom. The van der Waals surface area contributed by atoms with E-state index in [-0.39, 0.29) is 10.6 Å². The van der Waals surface area contributed by atoms with Gasteiger partial charge in [-0.25, -0.2) is 8.42 Å². The van der Waals surface area contributed by atoms with Crippen molar-refractivity contribution in [3.63, 3.8) is 0 Å². The van der Waals surface area contributed by atoms with Crippen molar-refractivity contribution in [2.75, 3.05) is 7.11 Å². The van der Waals surface area contributed by atoms with Crippen LogP contribution in [0.1, 0.15) is 11.1 Å². The molecule has 0 aliphatic heterocycles. The summed E-state index contributed by atoms with van der Waals surface area (Å²) in [6.45, 7) is 0.328. The highest BCUT2D eigenvalue weighted by Gasteiger charge is 2.16. The van der Waals surface area contributed by atoms with Crippen LogP contribution in [0.2, 0.25) is 0 Å². The molecule has 0 atom stereocenters. The number of ether oxygens (including phenoxy) is 1. The van der Waals surface area contributed by atoms with Gasteiger partial charge in [0.25, 0.3) is 0 Å². The van der Waals surface area contributed by atoms with Crippen LogP contribution in [0.4, 0.5) is 0 Å². The molecule has 0 aromatic heterocycles. The maximum atomic E-state index is 12.4. The van der Waals surface area contributed by atoms with Crippen LogP contribution in [0.15, 0.2) is 53.4 Å². The van der Waals surface area contributed by atoms with Crippen LogP contribution in [0.5, 0.6) is 5.75 Å². The predicted molar refractivity (Wildman–Crippen MR) is 78.2 cm³/mol. The molecule has 2 aromatic carbocycles. The van der Waals surface area contributed by atoms with Crippen LogP contribution in [0, 0.1) is 0 Å². The monoisotopic (exact) mass is 291 g/mol. The zero-order valence-electron chi connectivity index (χ0n) is 11.2. The lowest BCUT2D eigenvalue weighted by Gasteiger charge is -2.09. The van der Waals surface area contributed by atoms with Crippen LogP contribution in [-0.2, 0) is 22.1 Å². The van der Waals surface area contributed by atoms with Gasteiger partial charge >= 0.3 is 0 Å². The lowest BCUT2D eigenvalue weighted by Crippen LogP contribution is -2.09. The molecule has 2 aromatic rings. The van der Waals surface area contributed by atoms with Crippen LogP contribution in [0.25, 0.3) is 0 Å². The van der Waals surface area contributed by atoms with Crippen molar-refractivity contribution in [3.8, 4) is 5.75 Å². The maximum absolute atomic E-state index is 12.4. The Morgan fingerprint density at radius 2 is 1.60 bits per heavy atom. The van der Waals surface area contributed by atoms with Crippen LogP contribution < -0.4 is 10.5 Å². The smallest absolute Gasteiger partial charge is 0.182 e. The molecule has 106 valence electrons. The Hall–Kier alpha value is -1.85. The Morgan fingerprint density at radius 3 is 2.15 bits per heavy atom. The molecule has 0 saturated carbocycles. The van der Waals surface area contributed by atoms with Crippen molar-refractivity contribution in [3.05, 3.63) is 59.7 Å². The minimum absolute atomic E-state index is 0.0489. The van der Waals surface area contributed by atoms with E-state index < -0.39 is 9.84 Å². The molecular weight excluding hydrogens is 274 g/mol. The summed E-state index contributed by atoms with van der Waals surface area (Å²) in [5.74, 6) is 0.582. The van der Waals surface area contributed by atoms with E-state index in [2.05, 4.69) is 0 Å². The van der Waals surface area contributed by atoms with Crippen molar-refractivity contribution in [2.24, 2.45) is 5.73 Å². The zero-order valence-corrected chi connectivity index (χ0v) is 12.1. The van der Waals surface area contributed by atoms with Gasteiger partial charge in [-0.15, -0.1) is 0 Å². The molecule has 0 bridgehead atoms. The van der Waals surface area contributed by atoms with Gasteiger partial charge in [0.1, 0.15) is 5.75 Å². The lowest BCUT2D eigenvalue weighted by atomic mass is 10.1. The van der Waals surface area contributed by atoms with Gasteiger partial charge in [0.05, 0.1) is 17.8 Å². The van der Waals surface area contributed by atoms with E-state index >= 15 is 0 Å². The SMILES string of the molecule is COc1ccc(S(=O)(=O)Cc2ccccc2CN)cc1. The van der Waals surface area contributed by atoms with E-state index in [1.54, 1.807) is 37.4 Å². The minimum atomic E-state index is -3.38. The first kappa shape index (κ1) is 14.6. The second-order valence-corrected chi connectivity index (χ2v) is 6.40. The van der Waals surface area contributed by atoms with Crippen LogP contribution in [0.3, 0.4) is 0 Å². The molecule has 0 unspecified atom stereocenters. The fourth-order valence-electron chi connectivity index (χ4n) is 1.97. The van der Waals surface area contributed by atoms with Gasteiger partial charge in [-0.2, -0.15) is 0 Å². The number of benzene rings is 2. The molecular formula is C15H17NO3S. The van der Waals surface area contributed by atoms with E-state index in [1.807, 2.05) is 18.2 Å². The first-order valence-corrected chi connectivity index (χ1v) is 7.85. The molecule has 0 saturated heterocycles. The van der Waals surface area contributed by atoms with Gasteiger partial charge in [-0.1, -0.05) is 24.3 Å². The highest BCUT2D eigenvalue weighted by atomic mass is 32.2. The molecule has 0 aliphatic carbocycles. The number of rotatable bonds is 5. The largest absolute Gasteiger partial charge is 0.497 e. The van der Waals surface area contributed by atoms with E-state index in [9.17, 15) is 8.42 Å². The maximum Gasteiger partial charge on any atom is 0.182 e. The Kier molecular flexibility index (Phi) is 4.42. The minimum Gasteiger partial charge on any atom is -0.497 e. The first-order valence-electron chi connectivity index (χ1n) is 6.20. The van der Waals surface area contributed by atoms with Crippen LogP contribution >= 0.6 is 0 Å². The molecule has 0 spiro atoms. The topological polar surface area (TPSA) is 69.4 Å². The molecule has 2 rings (SSSR count). The van der Waals surface area contributed by atoms with Crippen molar-refractivity contribution < 1.29 is 13.2 Å². The fourth-order valence-corrected chi connectivity index (χ4v) is 3.38. The molecule has 0 radical (unpaired) electrons. The molecule has 20 heavy (non-hydrogen) atoms. The highest BCUT2D eigenvalue weighted by Crippen LogP contribution is 2.21. The van der Waals surface area contributed by atoms with Gasteiger partial charge in [0, 0.05) is 6.54 Å². The highest BCUT2D eigenvalue weighted by molar-refractivity contribution is 7.90. The summed E-state index contributed by atoms with van der Waals surface area (Å²) >= 11 is 0. The van der Waals surface area contributed by atoms with Crippen molar-refractivity contribution >= 4 is 9.84 Å². The summed E-state index contributed by atoms with van der Waals surface area (Å²) in [5.41, 5.74) is 7.23. The Labute approximate surface area is 119 Å². The summed E-state index contributed by atoms with van der Waals surface area (Å²) in [4.78, 5) is 0.283. The van der Waals surface area contributed by atoms with Crippen molar-refractivity contribution in [1.82, 2.24) is 0 Å². The summed E-state index contributed by atoms with van der Waals surface area (Å²) < 4.78 is 29.8. The quantitative estimate of drug-likeness (QED) is 0.916. The van der Waals surface area contributed by atoms with Gasteiger partial charge < -0.3 is 10.5 Å². The van der Waals surface area contributed by atoms with E-state index in [0.29, 0.717) is 12.3 Å². The summed E-state index contributed by atoms with van der Waals surface area (Å²) in [6, 6.07) is 13.7. The fraction of sp³-hybridized carbons (Fsp3) is 0.200. The number of methoxy groups -OCH3 is 1. The van der Waals surface area contributed by atoms with Crippen LogP contribution in [-0.4, -0.2) is 15.5 Å². The van der Waals surface area contributed by atoms with Gasteiger partial charge in [0.15, 0.2) is 9.84 Å². The molecule has 5 heteroatoms. The number of hydrogen-bond acceptors (Lipinski definition) is 4. The molecule has 0 fully saturated rings. The zero-order chi connectivity index (χ0) is 14.6. The average molecular weight is 291 g/mol. The summed E-state index contributed by atoms with van der Waals surface area (Å²) in [5, 5.41) is 0. The number of hydrogen-bond donors (Lipinski definition) is 1. The second kappa shape index (κ2) is 6.07. The molecule has 0 heterocycles. The molecule has 0 amide bonds. The molecule has 0 aliphatic rings. The summed E-state index contributed by atoms with van der Waals surface area (Å²) in [7, 11) is -1.84. The first-order chi connectivity index (χ1) is 9.56. The van der Waals surface area contributed by atoms with Crippen molar-refractivity contribution in [2.45, 2.75) is 17.2 Å². The standard InChI is InChI=1S/C15H17NO3S/c1-19-14-6-8-15(9-7-14)20(17,18)11-13-5-3-2-4-12(13)10-16/h2-9H,10-11,16H2,1H3. The van der Waals surface area contributed by atoms with Gasteiger partial charge in [-0.3, -0.25) is 0 Å². The third kappa shape index (κ3) is 3.18. The van der Waals surface area contributed by atoms with E-state index in [0.717, 1.165) is 11.1 Å². The van der Waals surface area contributed by atoms with E-state index in [4.69, 9.17) is 10.5 Å². The van der Waals surface area contributed by atoms with Gasteiger partial charge in [0.2, 0.25) is 0 Å². The third-order valence-corrected chi connectivity index (χ3v) is 4.78. The predicted octanol–water partition coefficient (Wildman–Crippen LogP) is 2.13. The average Bonchev–Trinajstić information content (AvgIpc) is 2.47. The third-order valence-electron chi connectivity index (χ3n) is 3.10. The summed E-state index contributed by atoms with van der Waals surface area (Å²) in [6.07, 6.45) is 0. The van der Waals surface area contributed by atoms with Crippen molar-refractivity contribution in [1.29, 1.82) is 0 Å². The Balaban J connectivity index is 2.30. The number of nitrogens with two attached hydrogens (primary N) is 1.